The van der Waals surface area contributed by atoms with Crippen LogP contribution in [0.25, 0.3) is 0 Å². The third-order valence-electron chi connectivity index (χ3n) is 1.28. The Labute approximate surface area is 93.4 Å². The van der Waals surface area contributed by atoms with Gasteiger partial charge in [0.25, 0.3) is 20.0 Å². The number of aliphatic imine (C=N–C) groups is 1. The summed E-state index contributed by atoms with van der Waals surface area (Å²) in [7, 11) is -7.27. The Kier molecular flexibility index (Phi) is 3.38. The SMILES string of the molecule is CS(=O)(=O)N=C1C=CC=NC1=NS(C)(=O)=O. The summed E-state index contributed by atoms with van der Waals surface area (Å²) in [6, 6.07) is 0. The molecule has 0 aromatic rings. The van der Waals surface area contributed by atoms with Gasteiger partial charge in [-0.15, -0.1) is 4.40 Å². The zero-order chi connectivity index (χ0) is 12.4. The first-order valence-electron chi connectivity index (χ1n) is 3.98. The highest BCUT2D eigenvalue weighted by Crippen LogP contribution is 2.01. The van der Waals surface area contributed by atoms with Crippen LogP contribution in [0.1, 0.15) is 0 Å². The molecule has 1 rings (SSSR count). The molecule has 0 radical (unpaired) electrons. The second kappa shape index (κ2) is 4.26. The fourth-order valence-electron chi connectivity index (χ4n) is 0.866. The van der Waals surface area contributed by atoms with Crippen LogP contribution in [0.15, 0.2) is 25.9 Å². The van der Waals surface area contributed by atoms with E-state index in [4.69, 9.17) is 0 Å². The van der Waals surface area contributed by atoms with Gasteiger partial charge >= 0.3 is 0 Å². The molecule has 0 N–H and O–H groups in total. The van der Waals surface area contributed by atoms with Gasteiger partial charge in [-0.05, 0) is 12.2 Å². The quantitative estimate of drug-likeness (QED) is 0.662. The monoisotopic (exact) mass is 263 g/mol. The van der Waals surface area contributed by atoms with E-state index in [9.17, 15) is 16.8 Å². The van der Waals surface area contributed by atoms with E-state index >= 15 is 0 Å². The van der Waals surface area contributed by atoms with E-state index in [1.165, 1.54) is 18.4 Å². The van der Waals surface area contributed by atoms with Crippen LogP contribution < -0.4 is 0 Å². The highest BCUT2D eigenvalue weighted by Gasteiger charge is 2.13. The molecule has 0 bridgehead atoms. The van der Waals surface area contributed by atoms with Gasteiger partial charge in [0.05, 0.1) is 12.5 Å². The summed E-state index contributed by atoms with van der Waals surface area (Å²) < 4.78 is 50.3. The normalized spacial score (nSPS) is 21.9. The molecule has 0 saturated heterocycles. The molecular weight excluding hydrogens is 254 g/mol. The standard InChI is InChI=1S/C7H9N3O4S2/c1-15(11,12)9-6-4-3-5-8-7(6)10-16(2,13)14/h3-5H,1-2H3. The van der Waals surface area contributed by atoms with Crippen molar-refractivity contribution in [2.45, 2.75) is 0 Å². The Balaban J connectivity index is 3.30. The first-order chi connectivity index (χ1) is 7.17. The Morgan fingerprint density at radius 1 is 1.06 bits per heavy atom. The lowest BCUT2D eigenvalue weighted by molar-refractivity contribution is 0.601. The average molecular weight is 263 g/mol. The molecule has 0 unspecified atom stereocenters. The summed E-state index contributed by atoms with van der Waals surface area (Å²) >= 11 is 0. The van der Waals surface area contributed by atoms with E-state index in [-0.39, 0.29) is 11.5 Å². The van der Waals surface area contributed by atoms with Crippen LogP contribution in [0.4, 0.5) is 0 Å². The maximum absolute atomic E-state index is 10.9. The van der Waals surface area contributed by atoms with Crippen LogP contribution in [0.5, 0.6) is 0 Å². The Morgan fingerprint density at radius 3 is 2.12 bits per heavy atom. The van der Waals surface area contributed by atoms with Crippen molar-refractivity contribution in [2.75, 3.05) is 12.5 Å². The Morgan fingerprint density at radius 2 is 1.62 bits per heavy atom. The van der Waals surface area contributed by atoms with Crippen molar-refractivity contribution in [1.29, 1.82) is 0 Å². The van der Waals surface area contributed by atoms with E-state index in [1.807, 2.05) is 0 Å². The highest BCUT2D eigenvalue weighted by molar-refractivity contribution is 7.90. The summed E-state index contributed by atoms with van der Waals surface area (Å²) in [5.41, 5.74) is -0.101. The lowest BCUT2D eigenvalue weighted by Crippen LogP contribution is -2.16. The third-order valence-corrected chi connectivity index (χ3v) is 2.32. The molecule has 0 aromatic heterocycles. The predicted octanol–water partition coefficient (Wildman–Crippen LogP) is -0.614. The number of allylic oxidation sites excluding steroid dienone is 1. The molecule has 0 fully saturated rings. The number of hydrogen-bond acceptors (Lipinski definition) is 4. The molecule has 0 saturated carbocycles. The van der Waals surface area contributed by atoms with Crippen molar-refractivity contribution in [2.24, 2.45) is 13.8 Å². The first-order valence-corrected chi connectivity index (χ1v) is 7.68. The van der Waals surface area contributed by atoms with Crippen LogP contribution in [0.3, 0.4) is 0 Å². The minimum absolute atomic E-state index is 0.101. The molecule has 0 spiro atoms. The third kappa shape index (κ3) is 4.45. The minimum Gasteiger partial charge on any atom is -0.235 e. The van der Waals surface area contributed by atoms with Gasteiger partial charge in [0.15, 0.2) is 5.84 Å². The first kappa shape index (κ1) is 12.7. The van der Waals surface area contributed by atoms with Crippen molar-refractivity contribution >= 4 is 37.8 Å². The molecule has 9 heteroatoms. The van der Waals surface area contributed by atoms with E-state index in [0.717, 1.165) is 12.5 Å². The number of dihydropyridines is 1. The number of hydrogen-bond donors (Lipinski definition) is 0. The Bertz CT molecular complexity index is 552. The van der Waals surface area contributed by atoms with E-state index in [0.29, 0.717) is 0 Å². The molecular formula is C7H9N3O4S2. The van der Waals surface area contributed by atoms with Gasteiger partial charge < -0.3 is 0 Å². The number of rotatable bonds is 2. The summed E-state index contributed by atoms with van der Waals surface area (Å²) in [6.07, 6.45) is 5.82. The van der Waals surface area contributed by atoms with Crippen LogP contribution in [0, 0.1) is 0 Å². The number of sulfonamides is 2. The van der Waals surface area contributed by atoms with Crippen LogP contribution in [0.2, 0.25) is 0 Å². The van der Waals surface area contributed by atoms with Crippen molar-refractivity contribution in [1.82, 2.24) is 0 Å². The lowest BCUT2D eigenvalue weighted by atomic mass is 10.3. The van der Waals surface area contributed by atoms with Gasteiger partial charge in [0.1, 0.15) is 5.71 Å². The van der Waals surface area contributed by atoms with Gasteiger partial charge in [0, 0.05) is 6.21 Å². The fraction of sp³-hybridized carbons (Fsp3) is 0.286. The number of amidine groups is 1. The van der Waals surface area contributed by atoms with E-state index in [2.05, 4.69) is 13.8 Å². The smallest absolute Gasteiger partial charge is 0.235 e. The molecule has 16 heavy (non-hydrogen) atoms. The molecule has 1 aliphatic rings. The van der Waals surface area contributed by atoms with Gasteiger partial charge in [-0.3, -0.25) is 0 Å². The molecule has 88 valence electrons. The van der Waals surface area contributed by atoms with Crippen LogP contribution in [-0.4, -0.2) is 47.1 Å². The van der Waals surface area contributed by atoms with E-state index in [1.54, 1.807) is 0 Å². The molecule has 0 amide bonds. The zero-order valence-electron chi connectivity index (χ0n) is 8.52. The largest absolute Gasteiger partial charge is 0.252 e. The van der Waals surface area contributed by atoms with Crippen molar-refractivity contribution in [3.63, 3.8) is 0 Å². The zero-order valence-corrected chi connectivity index (χ0v) is 10.2. The summed E-state index contributed by atoms with van der Waals surface area (Å²) in [4.78, 5) is 3.64. The van der Waals surface area contributed by atoms with Crippen molar-refractivity contribution in [3.8, 4) is 0 Å². The van der Waals surface area contributed by atoms with Crippen molar-refractivity contribution in [3.05, 3.63) is 12.2 Å². The molecule has 0 atom stereocenters. The summed E-state index contributed by atoms with van der Waals surface area (Å²) in [6.45, 7) is 0. The summed E-state index contributed by atoms with van der Waals surface area (Å²) in [5, 5.41) is 0. The average Bonchev–Trinajstić information content (AvgIpc) is 2.03. The van der Waals surface area contributed by atoms with Gasteiger partial charge in [0.2, 0.25) is 0 Å². The second-order valence-electron chi connectivity index (χ2n) is 2.99. The van der Waals surface area contributed by atoms with Gasteiger partial charge in [-0.25, -0.2) is 21.8 Å². The maximum Gasteiger partial charge on any atom is 0.252 e. The topological polar surface area (TPSA) is 105 Å². The summed E-state index contributed by atoms with van der Waals surface area (Å²) in [5.74, 6) is -0.240. The second-order valence-corrected chi connectivity index (χ2v) is 6.29. The maximum atomic E-state index is 10.9. The molecule has 1 aliphatic heterocycles. The highest BCUT2D eigenvalue weighted by atomic mass is 32.2. The van der Waals surface area contributed by atoms with Gasteiger partial charge in [-0.2, -0.15) is 4.40 Å². The van der Waals surface area contributed by atoms with Crippen molar-refractivity contribution < 1.29 is 16.8 Å². The lowest BCUT2D eigenvalue weighted by Gasteiger charge is -2.02. The van der Waals surface area contributed by atoms with Gasteiger partial charge in [-0.1, -0.05) is 0 Å². The molecule has 0 aliphatic carbocycles. The minimum atomic E-state index is -3.65. The predicted molar refractivity (Wildman–Crippen MR) is 62.2 cm³/mol. The Hall–Kier alpha value is -1.35. The van der Waals surface area contributed by atoms with Crippen LogP contribution in [-0.2, 0) is 20.0 Å². The molecule has 0 aromatic carbocycles. The fourth-order valence-corrected chi connectivity index (χ4v) is 1.82. The molecule has 1 heterocycles. The molecule has 7 nitrogen and oxygen atoms in total. The van der Waals surface area contributed by atoms with Crippen LogP contribution >= 0.6 is 0 Å². The van der Waals surface area contributed by atoms with E-state index < -0.39 is 20.0 Å². The number of nitrogens with zero attached hydrogens (tertiary/aromatic N) is 3.